The van der Waals surface area contributed by atoms with Crippen molar-refractivity contribution in [3.63, 3.8) is 0 Å². The lowest BCUT2D eigenvalue weighted by Gasteiger charge is -2.25. The summed E-state index contributed by atoms with van der Waals surface area (Å²) in [5, 5.41) is 11.9. The Morgan fingerprint density at radius 2 is 2.32 bits per heavy atom. The second kappa shape index (κ2) is 6.58. The van der Waals surface area contributed by atoms with Gasteiger partial charge >= 0.3 is 0 Å². The van der Waals surface area contributed by atoms with Crippen LogP contribution in [0, 0.1) is 18.3 Å². The minimum absolute atomic E-state index is 0.136. The first-order valence-corrected chi connectivity index (χ1v) is 7.84. The number of ether oxygens (including phenoxy) is 2. The van der Waals surface area contributed by atoms with E-state index in [9.17, 15) is 5.26 Å². The fourth-order valence-corrected chi connectivity index (χ4v) is 2.91. The van der Waals surface area contributed by atoms with Crippen LogP contribution < -0.4 is 9.47 Å². The Morgan fingerprint density at radius 1 is 1.50 bits per heavy atom. The minimum Gasteiger partial charge on any atom is -0.486 e. The molecule has 0 spiro atoms. The monoisotopic (exact) mass is 313 g/mol. The Kier molecular flexibility index (Phi) is 4.35. The molecule has 0 amide bonds. The Balaban J connectivity index is 1.60. The van der Waals surface area contributed by atoms with Gasteiger partial charge in [0.15, 0.2) is 17.6 Å². The molecule has 1 aliphatic rings. The number of thiazole rings is 1. The number of aromatic nitrogens is 1. The largest absolute Gasteiger partial charge is 0.486 e. The summed E-state index contributed by atoms with van der Waals surface area (Å²) in [6.45, 7) is 2.83. The number of hydrogen-bond acceptors (Lipinski definition) is 6. The van der Waals surface area contributed by atoms with E-state index in [2.05, 4.69) is 16.0 Å². The predicted molar refractivity (Wildman–Crippen MR) is 84.9 cm³/mol. The van der Waals surface area contributed by atoms with Gasteiger partial charge in [-0.2, -0.15) is 5.26 Å². The summed E-state index contributed by atoms with van der Waals surface area (Å²) in [5.41, 5.74) is 0.925. The molecule has 1 aromatic heterocycles. The molecule has 0 N–H and O–H groups in total. The number of para-hydroxylation sites is 2. The normalized spacial score (nSPS) is 18.1. The van der Waals surface area contributed by atoms with Crippen molar-refractivity contribution in [3.8, 4) is 17.6 Å². The second-order valence-corrected chi connectivity index (χ2v) is 5.84. The van der Waals surface area contributed by atoms with E-state index in [-0.39, 0.29) is 6.10 Å². The van der Waals surface area contributed by atoms with Crippen LogP contribution in [0.25, 0.3) is 0 Å². The van der Waals surface area contributed by atoms with E-state index >= 15 is 0 Å². The molecule has 1 aliphatic heterocycles. The molecule has 0 saturated heterocycles. The highest BCUT2D eigenvalue weighted by Gasteiger charge is 2.20. The standard InChI is InChI=1S/C16H15N3O2S/c1-11-10-22-16(19-11)12(6-17)7-18-8-13-9-20-14-4-2-3-5-15(14)21-13/h2-5,7,10,12-13H,8-9H2,1H3/t12-,13-/m1/s1. The first-order valence-electron chi connectivity index (χ1n) is 6.96. The lowest BCUT2D eigenvalue weighted by atomic mass is 10.2. The van der Waals surface area contributed by atoms with Crippen LogP contribution in [0.3, 0.4) is 0 Å². The molecule has 112 valence electrons. The lowest BCUT2D eigenvalue weighted by molar-refractivity contribution is 0.0973. The van der Waals surface area contributed by atoms with Crippen LogP contribution in [0.5, 0.6) is 11.5 Å². The summed E-state index contributed by atoms with van der Waals surface area (Å²) < 4.78 is 11.5. The molecule has 3 rings (SSSR count). The fourth-order valence-electron chi connectivity index (χ4n) is 2.10. The Bertz CT molecular complexity index is 720. The summed E-state index contributed by atoms with van der Waals surface area (Å²) in [5.74, 6) is 1.09. The van der Waals surface area contributed by atoms with Crippen LogP contribution in [0.2, 0.25) is 0 Å². The fraction of sp³-hybridized carbons (Fsp3) is 0.312. The van der Waals surface area contributed by atoms with Gasteiger partial charge in [-0.15, -0.1) is 11.3 Å². The average Bonchev–Trinajstić information content (AvgIpc) is 2.98. The zero-order valence-electron chi connectivity index (χ0n) is 12.1. The van der Waals surface area contributed by atoms with E-state index in [0.29, 0.717) is 13.2 Å². The number of nitriles is 1. The van der Waals surface area contributed by atoms with Gasteiger partial charge in [0.05, 0.1) is 12.6 Å². The number of rotatable bonds is 4. The van der Waals surface area contributed by atoms with Gasteiger partial charge in [0, 0.05) is 17.3 Å². The van der Waals surface area contributed by atoms with Gasteiger partial charge in [0.1, 0.15) is 17.5 Å². The van der Waals surface area contributed by atoms with Gasteiger partial charge in [0.2, 0.25) is 0 Å². The number of benzene rings is 1. The van der Waals surface area contributed by atoms with Gasteiger partial charge in [0.25, 0.3) is 0 Å². The molecule has 5 nitrogen and oxygen atoms in total. The van der Waals surface area contributed by atoms with E-state index < -0.39 is 5.92 Å². The van der Waals surface area contributed by atoms with Crippen molar-refractivity contribution in [1.82, 2.24) is 4.98 Å². The molecular weight excluding hydrogens is 298 g/mol. The smallest absolute Gasteiger partial charge is 0.161 e. The van der Waals surface area contributed by atoms with E-state index in [1.165, 1.54) is 11.3 Å². The van der Waals surface area contributed by atoms with E-state index in [4.69, 9.17) is 9.47 Å². The number of hydrogen-bond donors (Lipinski definition) is 0. The number of fused-ring (bicyclic) bond motifs is 1. The summed E-state index contributed by atoms with van der Waals surface area (Å²) in [6, 6.07) is 9.79. The van der Waals surface area contributed by atoms with Crippen LogP contribution in [-0.4, -0.2) is 30.5 Å². The second-order valence-electron chi connectivity index (χ2n) is 4.95. The van der Waals surface area contributed by atoms with E-state index in [1.807, 2.05) is 36.6 Å². The van der Waals surface area contributed by atoms with Gasteiger partial charge < -0.3 is 9.47 Å². The minimum atomic E-state index is -0.407. The summed E-state index contributed by atoms with van der Waals surface area (Å²) in [4.78, 5) is 8.66. The van der Waals surface area contributed by atoms with Crippen molar-refractivity contribution in [2.45, 2.75) is 18.9 Å². The molecule has 6 heteroatoms. The number of nitrogens with zero attached hydrogens (tertiary/aromatic N) is 3. The maximum absolute atomic E-state index is 9.23. The SMILES string of the molecule is Cc1csc([C@H](C#N)C=NC[C@@H]2COc3ccccc3O2)n1. The molecule has 2 atom stereocenters. The maximum atomic E-state index is 9.23. The maximum Gasteiger partial charge on any atom is 0.161 e. The molecule has 0 aliphatic carbocycles. The van der Waals surface area contributed by atoms with E-state index in [1.54, 1.807) is 6.21 Å². The topological polar surface area (TPSA) is 67.5 Å². The highest BCUT2D eigenvalue weighted by Crippen LogP contribution is 2.30. The van der Waals surface area contributed by atoms with Crippen molar-refractivity contribution in [3.05, 3.63) is 40.3 Å². The molecule has 0 fully saturated rings. The summed E-state index contributed by atoms with van der Waals surface area (Å²) >= 11 is 1.48. The third-order valence-corrected chi connectivity index (χ3v) is 4.22. The van der Waals surface area contributed by atoms with Gasteiger partial charge in [-0.25, -0.2) is 4.98 Å². The first kappa shape index (κ1) is 14.5. The molecule has 0 unspecified atom stereocenters. The number of aliphatic imine (C=N–C) groups is 1. The molecular formula is C16H15N3O2S. The highest BCUT2D eigenvalue weighted by molar-refractivity contribution is 7.09. The Morgan fingerprint density at radius 3 is 3.05 bits per heavy atom. The van der Waals surface area contributed by atoms with E-state index in [0.717, 1.165) is 22.2 Å². The Hall–Kier alpha value is -2.39. The van der Waals surface area contributed by atoms with Crippen LogP contribution in [0.15, 0.2) is 34.6 Å². The molecule has 2 aromatic rings. The van der Waals surface area contributed by atoms with Crippen molar-refractivity contribution < 1.29 is 9.47 Å². The van der Waals surface area contributed by atoms with Crippen LogP contribution in [-0.2, 0) is 0 Å². The first-order chi connectivity index (χ1) is 10.8. The summed E-state index contributed by atoms with van der Waals surface area (Å²) in [6.07, 6.45) is 1.51. The molecule has 0 radical (unpaired) electrons. The quantitative estimate of drug-likeness (QED) is 0.814. The highest BCUT2D eigenvalue weighted by atomic mass is 32.1. The van der Waals surface area contributed by atoms with Crippen molar-refractivity contribution in [2.75, 3.05) is 13.2 Å². The molecule has 0 bridgehead atoms. The molecule has 0 saturated carbocycles. The third-order valence-electron chi connectivity index (χ3n) is 3.17. The summed E-state index contributed by atoms with van der Waals surface area (Å²) in [7, 11) is 0. The zero-order chi connectivity index (χ0) is 15.4. The molecule has 22 heavy (non-hydrogen) atoms. The lowest BCUT2D eigenvalue weighted by Crippen LogP contribution is -2.31. The predicted octanol–water partition coefficient (Wildman–Crippen LogP) is 2.97. The van der Waals surface area contributed by atoms with Crippen LogP contribution in [0.4, 0.5) is 0 Å². The van der Waals surface area contributed by atoms with Gasteiger partial charge in [-0.05, 0) is 19.1 Å². The number of aryl methyl sites for hydroxylation is 1. The van der Waals surface area contributed by atoms with Crippen molar-refractivity contribution in [1.29, 1.82) is 5.26 Å². The Labute approximate surface area is 132 Å². The van der Waals surface area contributed by atoms with Crippen LogP contribution >= 0.6 is 11.3 Å². The van der Waals surface area contributed by atoms with Crippen molar-refractivity contribution >= 4 is 17.6 Å². The van der Waals surface area contributed by atoms with Gasteiger partial charge in [-0.1, -0.05) is 12.1 Å². The zero-order valence-corrected chi connectivity index (χ0v) is 12.9. The average molecular weight is 313 g/mol. The molecule has 2 heterocycles. The third kappa shape index (κ3) is 3.26. The van der Waals surface area contributed by atoms with Gasteiger partial charge in [-0.3, -0.25) is 4.99 Å². The molecule has 1 aromatic carbocycles. The van der Waals surface area contributed by atoms with Crippen molar-refractivity contribution in [2.24, 2.45) is 4.99 Å². The van der Waals surface area contributed by atoms with Crippen LogP contribution in [0.1, 0.15) is 16.6 Å².